The van der Waals surface area contributed by atoms with E-state index in [1.807, 2.05) is 12.7 Å². The number of hydrogen-bond donors (Lipinski definition) is 0. The summed E-state index contributed by atoms with van der Waals surface area (Å²) < 4.78 is 7.16. The van der Waals surface area contributed by atoms with Gasteiger partial charge in [-0.05, 0) is 84.0 Å². The predicted octanol–water partition coefficient (Wildman–Crippen LogP) is 6.63. The number of aromatic nitrogens is 6. The molecular formula is C30H48N6. The summed E-state index contributed by atoms with van der Waals surface area (Å²) in [5, 5.41) is 0. The van der Waals surface area contributed by atoms with E-state index in [0.717, 1.165) is 55.7 Å². The van der Waals surface area contributed by atoms with E-state index >= 15 is 0 Å². The normalized spacial score (nSPS) is 19.2. The van der Waals surface area contributed by atoms with Gasteiger partial charge >= 0.3 is 0 Å². The van der Waals surface area contributed by atoms with Crippen LogP contribution in [-0.4, -0.2) is 28.7 Å². The molecule has 0 radical (unpaired) electrons. The lowest BCUT2D eigenvalue weighted by atomic mass is 9.79. The number of imidazole rings is 3. The van der Waals surface area contributed by atoms with Gasteiger partial charge in [-0.3, -0.25) is 0 Å². The average molecular weight is 493 g/mol. The first-order chi connectivity index (χ1) is 17.4. The zero-order chi connectivity index (χ0) is 25.7. The van der Waals surface area contributed by atoms with Gasteiger partial charge in [-0.15, -0.1) is 0 Å². The molecule has 1 aliphatic carbocycles. The lowest BCUT2D eigenvalue weighted by Crippen LogP contribution is -2.22. The molecule has 1 saturated carbocycles. The van der Waals surface area contributed by atoms with Crippen LogP contribution >= 0.6 is 0 Å². The van der Waals surface area contributed by atoms with Crippen molar-refractivity contribution < 1.29 is 0 Å². The molecule has 36 heavy (non-hydrogen) atoms. The molecule has 3 heterocycles. The quantitative estimate of drug-likeness (QED) is 0.285. The first-order valence-electron chi connectivity index (χ1n) is 14.3. The molecule has 6 heteroatoms. The molecule has 0 spiro atoms. The molecular weight excluding hydrogens is 444 g/mol. The third-order valence-corrected chi connectivity index (χ3v) is 8.69. The van der Waals surface area contributed by atoms with Gasteiger partial charge in [-0.25, -0.2) is 15.0 Å². The third kappa shape index (κ3) is 6.49. The molecule has 1 aliphatic rings. The van der Waals surface area contributed by atoms with Gasteiger partial charge in [0.1, 0.15) is 0 Å². The lowest BCUT2D eigenvalue weighted by molar-refractivity contribution is 0.240. The maximum atomic E-state index is 5.00. The van der Waals surface area contributed by atoms with Crippen molar-refractivity contribution in [3.63, 3.8) is 0 Å². The highest BCUT2D eigenvalue weighted by molar-refractivity contribution is 5.15. The van der Waals surface area contributed by atoms with Crippen LogP contribution in [0.3, 0.4) is 0 Å². The Morgan fingerprint density at radius 2 is 1.56 bits per heavy atom. The van der Waals surface area contributed by atoms with Gasteiger partial charge in [-0.1, -0.05) is 33.1 Å². The van der Waals surface area contributed by atoms with E-state index in [1.54, 1.807) is 0 Å². The summed E-state index contributed by atoms with van der Waals surface area (Å²) in [6.45, 7) is 16.5. The van der Waals surface area contributed by atoms with Crippen LogP contribution in [0.25, 0.3) is 0 Å². The van der Waals surface area contributed by atoms with E-state index in [4.69, 9.17) is 4.98 Å². The van der Waals surface area contributed by atoms with Gasteiger partial charge < -0.3 is 13.7 Å². The smallest absolute Gasteiger partial charge is 0.0951 e. The highest BCUT2D eigenvalue weighted by Crippen LogP contribution is 2.33. The van der Waals surface area contributed by atoms with Crippen molar-refractivity contribution in [2.75, 3.05) is 0 Å². The van der Waals surface area contributed by atoms with Crippen LogP contribution < -0.4 is 0 Å². The van der Waals surface area contributed by atoms with E-state index in [0.29, 0.717) is 5.92 Å². The second-order valence-corrected chi connectivity index (χ2v) is 11.6. The Kier molecular flexibility index (Phi) is 9.08. The van der Waals surface area contributed by atoms with Crippen molar-refractivity contribution in [1.29, 1.82) is 0 Å². The van der Waals surface area contributed by atoms with Gasteiger partial charge in [0.05, 0.1) is 36.1 Å². The molecule has 198 valence electrons. The van der Waals surface area contributed by atoms with Crippen LogP contribution in [0.5, 0.6) is 0 Å². The van der Waals surface area contributed by atoms with Crippen molar-refractivity contribution in [3.8, 4) is 0 Å². The summed E-state index contributed by atoms with van der Waals surface area (Å²) >= 11 is 0. The van der Waals surface area contributed by atoms with Gasteiger partial charge in [0.2, 0.25) is 0 Å². The molecule has 3 aromatic rings. The van der Waals surface area contributed by atoms with Crippen molar-refractivity contribution in [2.45, 2.75) is 119 Å². The second-order valence-electron chi connectivity index (χ2n) is 11.6. The Morgan fingerprint density at radius 3 is 2.22 bits per heavy atom. The molecule has 3 aromatic heterocycles. The standard InChI is InChI=1S/C30H48N6/c1-7-8-14-34-21-33-29(30(34)13-12-22(2)17-35-19-31-23(3)25(35)5)16-27-10-9-11-28(15-27)18-36-20-32-24(4)26(36)6/h19-22,27-28H,7-18H2,1-6H3. The van der Waals surface area contributed by atoms with Crippen LogP contribution in [0, 0.1) is 45.4 Å². The molecule has 1 fully saturated rings. The Bertz CT molecular complexity index is 1100. The molecule has 0 saturated heterocycles. The largest absolute Gasteiger partial charge is 0.334 e. The Balaban J connectivity index is 1.39. The van der Waals surface area contributed by atoms with Crippen LogP contribution in [0.15, 0.2) is 19.0 Å². The fourth-order valence-electron chi connectivity index (χ4n) is 6.00. The number of rotatable bonds is 12. The van der Waals surface area contributed by atoms with Crippen molar-refractivity contribution in [2.24, 2.45) is 17.8 Å². The summed E-state index contributed by atoms with van der Waals surface area (Å²) in [4.78, 5) is 14.0. The first kappa shape index (κ1) is 26.7. The predicted molar refractivity (Wildman–Crippen MR) is 147 cm³/mol. The van der Waals surface area contributed by atoms with Gasteiger partial charge in [0, 0.05) is 36.7 Å². The van der Waals surface area contributed by atoms with Crippen molar-refractivity contribution in [1.82, 2.24) is 28.7 Å². The number of unbranched alkanes of at least 4 members (excludes halogenated alkanes) is 1. The number of nitrogens with zero attached hydrogens (tertiary/aromatic N) is 6. The molecule has 0 N–H and O–H groups in total. The van der Waals surface area contributed by atoms with E-state index < -0.39 is 0 Å². The summed E-state index contributed by atoms with van der Waals surface area (Å²) in [7, 11) is 0. The molecule has 3 unspecified atom stereocenters. The van der Waals surface area contributed by atoms with Crippen molar-refractivity contribution >= 4 is 0 Å². The molecule has 4 rings (SSSR count). The fraction of sp³-hybridized carbons (Fsp3) is 0.700. The Labute approximate surface area is 218 Å². The van der Waals surface area contributed by atoms with Gasteiger partial charge in [0.15, 0.2) is 0 Å². The average Bonchev–Trinajstić information content (AvgIpc) is 3.50. The molecule has 3 atom stereocenters. The summed E-state index contributed by atoms with van der Waals surface area (Å²) in [5.41, 5.74) is 7.79. The maximum absolute atomic E-state index is 5.00. The van der Waals surface area contributed by atoms with Crippen LogP contribution in [0.4, 0.5) is 0 Å². The zero-order valence-corrected chi connectivity index (χ0v) is 23.6. The molecule has 6 nitrogen and oxygen atoms in total. The van der Waals surface area contributed by atoms with E-state index in [-0.39, 0.29) is 0 Å². The first-order valence-corrected chi connectivity index (χ1v) is 14.3. The monoisotopic (exact) mass is 492 g/mol. The maximum Gasteiger partial charge on any atom is 0.0951 e. The minimum Gasteiger partial charge on any atom is -0.334 e. The third-order valence-electron chi connectivity index (χ3n) is 8.69. The van der Waals surface area contributed by atoms with E-state index in [1.165, 1.54) is 67.7 Å². The number of aryl methyl sites for hydroxylation is 3. The minimum absolute atomic E-state index is 0.612. The molecule has 0 aromatic carbocycles. The highest BCUT2D eigenvalue weighted by atomic mass is 15.1. The van der Waals surface area contributed by atoms with E-state index in [9.17, 15) is 0 Å². The zero-order valence-electron chi connectivity index (χ0n) is 23.6. The highest BCUT2D eigenvalue weighted by Gasteiger charge is 2.25. The summed E-state index contributed by atoms with van der Waals surface area (Å²) in [5.74, 6) is 2.11. The fourth-order valence-corrected chi connectivity index (χ4v) is 6.00. The molecule has 0 bridgehead atoms. The Morgan fingerprint density at radius 1 is 0.889 bits per heavy atom. The lowest BCUT2D eigenvalue weighted by Gasteiger charge is -2.29. The van der Waals surface area contributed by atoms with E-state index in [2.05, 4.69) is 71.5 Å². The Hall–Kier alpha value is -2.37. The minimum atomic E-state index is 0.612. The van der Waals surface area contributed by atoms with Crippen LogP contribution in [0.1, 0.15) is 93.0 Å². The van der Waals surface area contributed by atoms with Gasteiger partial charge in [-0.2, -0.15) is 0 Å². The summed E-state index contributed by atoms with van der Waals surface area (Å²) in [6.07, 6.45) is 17.4. The molecule has 0 aliphatic heterocycles. The summed E-state index contributed by atoms with van der Waals surface area (Å²) in [6, 6.07) is 0. The SMILES string of the molecule is CCCCn1cnc(CC2CCCC(Cn3cnc(C)c3C)C2)c1CCC(C)Cn1cnc(C)c1C. The topological polar surface area (TPSA) is 53.5 Å². The van der Waals surface area contributed by atoms with Crippen LogP contribution in [0.2, 0.25) is 0 Å². The van der Waals surface area contributed by atoms with Gasteiger partial charge in [0.25, 0.3) is 0 Å². The second kappa shape index (κ2) is 12.2. The van der Waals surface area contributed by atoms with Crippen molar-refractivity contribution in [3.05, 3.63) is 53.1 Å². The molecule has 0 amide bonds. The number of hydrogen-bond acceptors (Lipinski definition) is 3. The van der Waals surface area contributed by atoms with Crippen LogP contribution in [-0.2, 0) is 32.5 Å².